The first-order valence-electron chi connectivity index (χ1n) is 23.4. The number of amides is 1. The first kappa shape index (κ1) is 55.3. The number of carbonyl (C=O) groups excluding carboxylic acids is 1. The van der Waals surface area contributed by atoms with Crippen molar-refractivity contribution >= 4 is 16.0 Å². The van der Waals surface area contributed by atoms with Gasteiger partial charge < -0.3 is 10.4 Å². The van der Waals surface area contributed by atoms with Crippen LogP contribution >= 0.6 is 0 Å². The topological polar surface area (TPSA) is 104 Å². The van der Waals surface area contributed by atoms with Crippen molar-refractivity contribution in [1.82, 2.24) is 5.32 Å². The number of aliphatic hydroxyl groups excluding tert-OH is 1. The highest BCUT2D eigenvalue weighted by Gasteiger charge is 2.24. The first-order valence-corrected chi connectivity index (χ1v) is 25.0. The molecule has 2 atom stereocenters. The molecule has 0 spiro atoms. The minimum atomic E-state index is -4.37. The van der Waals surface area contributed by atoms with Crippen molar-refractivity contribution in [2.24, 2.45) is 0 Å². The minimum absolute atomic E-state index is 0.252. The highest BCUT2D eigenvalue weighted by atomic mass is 32.2. The Kier molecular flexibility index (Phi) is 41.8. The number of unbranched alkanes of at least 4 members (excludes halogenated alkanes) is 19. The van der Waals surface area contributed by atoms with Crippen LogP contribution in [-0.4, -0.2) is 41.9 Å². The Labute approximate surface area is 358 Å². The lowest BCUT2D eigenvalue weighted by Gasteiger charge is -2.21. The van der Waals surface area contributed by atoms with Crippen LogP contribution in [0.3, 0.4) is 0 Å². The average Bonchev–Trinajstić information content (AvgIpc) is 3.19. The molecule has 332 valence electrons. The fourth-order valence-corrected chi connectivity index (χ4v) is 7.26. The van der Waals surface area contributed by atoms with E-state index in [1.54, 1.807) is 0 Å². The Balaban J connectivity index is 3.99. The molecule has 1 amide bonds. The van der Waals surface area contributed by atoms with Gasteiger partial charge >= 0.3 is 0 Å². The number of aliphatic hydroxyl groups is 1. The summed E-state index contributed by atoms with van der Waals surface area (Å²) in [5.74, 6) is -1.04. The molecule has 0 fully saturated rings. The number of hydrogen-bond donors (Lipinski definition) is 3. The molecule has 0 aliphatic carbocycles. The highest BCUT2D eigenvalue weighted by Crippen LogP contribution is 2.14. The molecule has 6 nitrogen and oxygen atoms in total. The SMILES string of the molecule is CC/C=C\C/C=C\C/C=C\C/C=C\C/C=C\C/C=C\CCCCCCC(=O)NC(CS(=O)(=O)O)C(O)/C=C/CC/C=C/CCCCCCCCCCCCCCCC. The molecule has 0 bridgehead atoms. The van der Waals surface area contributed by atoms with E-state index in [0.717, 1.165) is 77.0 Å². The van der Waals surface area contributed by atoms with Crippen LogP contribution in [0, 0.1) is 0 Å². The maximum atomic E-state index is 12.6. The quantitative estimate of drug-likeness (QED) is 0.0324. The van der Waals surface area contributed by atoms with Crippen LogP contribution in [0.5, 0.6) is 0 Å². The summed E-state index contributed by atoms with van der Waals surface area (Å²) in [5, 5.41) is 13.2. The van der Waals surface area contributed by atoms with Crippen LogP contribution < -0.4 is 5.32 Å². The van der Waals surface area contributed by atoms with Crippen molar-refractivity contribution in [3.8, 4) is 0 Å². The molecule has 58 heavy (non-hydrogen) atoms. The maximum absolute atomic E-state index is 12.6. The van der Waals surface area contributed by atoms with Crippen LogP contribution in [0.4, 0.5) is 0 Å². The molecule has 0 radical (unpaired) electrons. The molecule has 2 unspecified atom stereocenters. The second-order valence-corrected chi connectivity index (χ2v) is 17.1. The van der Waals surface area contributed by atoms with E-state index in [2.05, 4.69) is 104 Å². The Morgan fingerprint density at radius 2 is 0.845 bits per heavy atom. The fourth-order valence-electron chi connectivity index (χ4n) is 6.53. The predicted octanol–water partition coefficient (Wildman–Crippen LogP) is 14.5. The van der Waals surface area contributed by atoms with Crippen molar-refractivity contribution in [2.45, 2.75) is 212 Å². The van der Waals surface area contributed by atoms with Gasteiger partial charge in [0.05, 0.1) is 17.9 Å². The maximum Gasteiger partial charge on any atom is 0.267 e. The molecular formula is C51H87NO5S. The summed E-state index contributed by atoms with van der Waals surface area (Å²) in [4.78, 5) is 12.6. The zero-order valence-corrected chi connectivity index (χ0v) is 37.9. The number of rotatable bonds is 41. The van der Waals surface area contributed by atoms with Gasteiger partial charge in [-0.1, -0.05) is 207 Å². The van der Waals surface area contributed by atoms with Crippen LogP contribution in [0.1, 0.15) is 200 Å². The zero-order chi connectivity index (χ0) is 42.5. The molecule has 0 rings (SSSR count). The molecule has 3 N–H and O–H groups in total. The zero-order valence-electron chi connectivity index (χ0n) is 37.1. The highest BCUT2D eigenvalue weighted by molar-refractivity contribution is 7.85. The molecule has 0 aromatic rings. The molecule has 0 aliphatic heterocycles. The van der Waals surface area contributed by atoms with Gasteiger partial charge in [0, 0.05) is 6.42 Å². The fraction of sp³-hybridized carbons (Fsp3) is 0.667. The van der Waals surface area contributed by atoms with Gasteiger partial charge in [-0.05, 0) is 83.5 Å². The third kappa shape index (κ3) is 44.4. The monoisotopic (exact) mass is 826 g/mol. The molecule has 0 saturated heterocycles. The lowest BCUT2D eigenvalue weighted by atomic mass is 10.0. The average molecular weight is 826 g/mol. The van der Waals surface area contributed by atoms with E-state index in [4.69, 9.17) is 0 Å². The molecule has 0 heterocycles. The Morgan fingerprint density at radius 3 is 1.29 bits per heavy atom. The predicted molar refractivity (Wildman–Crippen MR) is 253 cm³/mol. The summed E-state index contributed by atoms with van der Waals surface area (Å²) in [7, 11) is -4.37. The van der Waals surface area contributed by atoms with Gasteiger partial charge in [-0.25, -0.2) is 0 Å². The van der Waals surface area contributed by atoms with Gasteiger partial charge in [-0.2, -0.15) is 8.42 Å². The molecule has 0 aromatic heterocycles. The molecular weight excluding hydrogens is 739 g/mol. The van der Waals surface area contributed by atoms with Crippen molar-refractivity contribution < 1.29 is 22.9 Å². The van der Waals surface area contributed by atoms with Crippen LogP contribution in [0.15, 0.2) is 97.2 Å². The van der Waals surface area contributed by atoms with Gasteiger partial charge in [-0.3, -0.25) is 9.35 Å². The van der Waals surface area contributed by atoms with Crippen LogP contribution in [0.25, 0.3) is 0 Å². The van der Waals surface area contributed by atoms with E-state index < -0.39 is 28.0 Å². The first-order chi connectivity index (χ1) is 28.3. The van der Waals surface area contributed by atoms with E-state index in [1.165, 1.54) is 96.0 Å². The third-order valence-electron chi connectivity index (χ3n) is 9.99. The molecule has 7 heteroatoms. The second-order valence-electron chi connectivity index (χ2n) is 15.6. The number of allylic oxidation sites excluding steroid dienone is 15. The van der Waals surface area contributed by atoms with Gasteiger partial charge in [0.15, 0.2) is 0 Å². The summed E-state index contributed by atoms with van der Waals surface area (Å²) >= 11 is 0. The smallest absolute Gasteiger partial charge is 0.267 e. The normalized spacial score (nSPS) is 14.1. The number of nitrogens with one attached hydrogen (secondary N) is 1. The Bertz CT molecular complexity index is 1270. The summed E-state index contributed by atoms with van der Waals surface area (Å²) in [5.41, 5.74) is 0. The van der Waals surface area contributed by atoms with Crippen molar-refractivity contribution in [1.29, 1.82) is 0 Å². The van der Waals surface area contributed by atoms with Crippen molar-refractivity contribution in [2.75, 3.05) is 5.75 Å². The van der Waals surface area contributed by atoms with E-state index in [-0.39, 0.29) is 12.3 Å². The molecule has 0 saturated carbocycles. The second kappa shape index (κ2) is 43.8. The van der Waals surface area contributed by atoms with Crippen molar-refractivity contribution in [3.05, 3.63) is 97.2 Å². The Hall–Kier alpha value is -2.74. The van der Waals surface area contributed by atoms with Gasteiger partial charge in [0.1, 0.15) is 0 Å². The summed E-state index contributed by atoms with van der Waals surface area (Å²) < 4.78 is 32.6. The van der Waals surface area contributed by atoms with Gasteiger partial charge in [0.2, 0.25) is 5.91 Å². The van der Waals surface area contributed by atoms with Crippen LogP contribution in [-0.2, 0) is 14.9 Å². The van der Waals surface area contributed by atoms with Crippen molar-refractivity contribution in [3.63, 3.8) is 0 Å². The van der Waals surface area contributed by atoms with Gasteiger partial charge in [-0.15, -0.1) is 0 Å². The Morgan fingerprint density at radius 1 is 0.483 bits per heavy atom. The van der Waals surface area contributed by atoms with E-state index >= 15 is 0 Å². The summed E-state index contributed by atoms with van der Waals surface area (Å²) in [6.45, 7) is 4.42. The number of carbonyl (C=O) groups is 1. The van der Waals surface area contributed by atoms with Gasteiger partial charge in [0.25, 0.3) is 10.1 Å². The van der Waals surface area contributed by atoms with E-state index in [1.807, 2.05) is 6.08 Å². The minimum Gasteiger partial charge on any atom is -0.387 e. The lowest BCUT2D eigenvalue weighted by Crippen LogP contribution is -2.46. The van der Waals surface area contributed by atoms with Crippen LogP contribution in [0.2, 0.25) is 0 Å². The third-order valence-corrected chi connectivity index (χ3v) is 10.8. The summed E-state index contributed by atoms with van der Waals surface area (Å²) in [6, 6.07) is -1.09. The number of hydrogen-bond acceptors (Lipinski definition) is 4. The molecule has 0 aliphatic rings. The largest absolute Gasteiger partial charge is 0.387 e. The molecule has 0 aromatic carbocycles. The van der Waals surface area contributed by atoms with E-state index in [0.29, 0.717) is 12.8 Å². The lowest BCUT2D eigenvalue weighted by molar-refractivity contribution is -0.122. The summed E-state index contributed by atoms with van der Waals surface area (Å²) in [6.07, 6.45) is 65.4. The van der Waals surface area contributed by atoms with E-state index in [9.17, 15) is 22.9 Å². The standard InChI is InChI=1S/C51H87NO5S/c1-3-5-7-9-11-13-15-17-19-21-23-25-26-27-29-31-33-35-37-39-41-43-45-47-51(54)52-49(48-58(55,56)57)50(53)46-44-42-40-38-36-34-32-30-28-24-22-20-18-16-14-12-10-8-6-4-2/h5,7,11,13,17,19,23,25,27,29,33,35-36,38,44,46,49-50,53H,3-4,6,8-10,12,14-16,18,20-22,24,26,28,30-32,34,37,39-43,45,47-48H2,1-2H3,(H,52,54)(H,55,56,57)/b7-5-,13-11-,19-17-,25-23-,29-27-,35-33-,38-36+,46-44+.